The number of aryl methyl sites for hydroxylation is 1. The summed E-state index contributed by atoms with van der Waals surface area (Å²) >= 11 is 0. The monoisotopic (exact) mass is 306 g/mol. The molecule has 0 aliphatic rings. The Bertz CT molecular complexity index is 582. The molecule has 22 heavy (non-hydrogen) atoms. The molecule has 0 spiro atoms. The van der Waals surface area contributed by atoms with Crippen LogP contribution in [0, 0.1) is 12.8 Å². The molecular formula is C16H22N2O4. The van der Waals surface area contributed by atoms with Crippen LogP contribution >= 0.6 is 0 Å². The molecule has 1 rings (SSSR count). The first kappa shape index (κ1) is 17.7. The van der Waals surface area contributed by atoms with Crippen molar-refractivity contribution < 1.29 is 19.1 Å². The topological polar surface area (TPSA) is 84.5 Å². The molecule has 6 heteroatoms. The number of anilines is 1. The van der Waals surface area contributed by atoms with Crippen molar-refractivity contribution in [2.24, 2.45) is 5.92 Å². The molecular weight excluding hydrogens is 284 g/mol. The minimum atomic E-state index is -0.640. The Labute approximate surface area is 130 Å². The van der Waals surface area contributed by atoms with Crippen molar-refractivity contribution in [1.82, 2.24) is 5.32 Å². The highest BCUT2D eigenvalue weighted by molar-refractivity contribution is 5.99. The number of benzene rings is 1. The number of rotatable bonds is 5. The summed E-state index contributed by atoms with van der Waals surface area (Å²) in [6.45, 7) is 6.88. The number of ether oxygens (including phenoxy) is 1. The van der Waals surface area contributed by atoms with Crippen LogP contribution in [0.25, 0.3) is 0 Å². The van der Waals surface area contributed by atoms with Gasteiger partial charge in [0, 0.05) is 12.6 Å². The summed E-state index contributed by atoms with van der Waals surface area (Å²) < 4.78 is 4.67. The van der Waals surface area contributed by atoms with Crippen molar-refractivity contribution in [3.63, 3.8) is 0 Å². The first-order valence-corrected chi connectivity index (χ1v) is 7.03. The fourth-order valence-electron chi connectivity index (χ4n) is 1.97. The Morgan fingerprint density at radius 2 is 1.82 bits per heavy atom. The third-order valence-corrected chi connectivity index (χ3v) is 3.22. The average Bonchev–Trinajstić information content (AvgIpc) is 2.45. The van der Waals surface area contributed by atoms with E-state index in [1.54, 1.807) is 18.2 Å². The van der Waals surface area contributed by atoms with Crippen LogP contribution in [0.4, 0.5) is 5.69 Å². The summed E-state index contributed by atoms with van der Waals surface area (Å²) in [5.74, 6) is -1.13. The van der Waals surface area contributed by atoms with Crippen molar-refractivity contribution in [2.45, 2.75) is 33.7 Å². The molecule has 0 aromatic heterocycles. The number of esters is 1. The molecule has 0 aliphatic heterocycles. The van der Waals surface area contributed by atoms with E-state index in [-0.39, 0.29) is 17.7 Å². The van der Waals surface area contributed by atoms with Crippen LogP contribution in [0.2, 0.25) is 0 Å². The van der Waals surface area contributed by atoms with Crippen LogP contribution in [0.3, 0.4) is 0 Å². The van der Waals surface area contributed by atoms with Gasteiger partial charge in [-0.15, -0.1) is 0 Å². The van der Waals surface area contributed by atoms with Gasteiger partial charge >= 0.3 is 5.97 Å². The Kier molecular flexibility index (Phi) is 6.10. The van der Waals surface area contributed by atoms with E-state index >= 15 is 0 Å². The predicted octanol–water partition coefficient (Wildman–Crippen LogP) is 1.88. The van der Waals surface area contributed by atoms with E-state index in [4.69, 9.17) is 0 Å². The lowest BCUT2D eigenvalue weighted by atomic mass is 10.0. The van der Waals surface area contributed by atoms with Gasteiger partial charge in [0.15, 0.2) is 0 Å². The van der Waals surface area contributed by atoms with Gasteiger partial charge in [-0.2, -0.15) is 0 Å². The summed E-state index contributed by atoms with van der Waals surface area (Å²) in [7, 11) is 1.30. The van der Waals surface area contributed by atoms with Crippen molar-refractivity contribution in [3.05, 3.63) is 29.3 Å². The third-order valence-electron chi connectivity index (χ3n) is 3.22. The minimum Gasteiger partial charge on any atom is -0.465 e. The first-order chi connectivity index (χ1) is 10.3. The zero-order valence-corrected chi connectivity index (χ0v) is 13.5. The van der Waals surface area contributed by atoms with E-state index in [1.165, 1.54) is 14.0 Å². The lowest BCUT2D eigenvalue weighted by molar-refractivity contribution is -0.126. The number of carbonyl (C=O) groups is 3. The van der Waals surface area contributed by atoms with E-state index in [0.717, 1.165) is 5.56 Å². The number of methoxy groups -OCH3 is 1. The maximum absolute atomic E-state index is 12.4. The fraction of sp³-hybridized carbons (Fsp3) is 0.438. The summed E-state index contributed by atoms with van der Waals surface area (Å²) in [5, 5.41) is 5.38. The number of hydrogen-bond acceptors (Lipinski definition) is 4. The molecule has 1 aromatic rings. The van der Waals surface area contributed by atoms with Crippen LogP contribution in [-0.4, -0.2) is 30.9 Å². The van der Waals surface area contributed by atoms with E-state index in [2.05, 4.69) is 15.4 Å². The van der Waals surface area contributed by atoms with Gasteiger partial charge in [0.25, 0.3) is 0 Å². The lowest BCUT2D eigenvalue weighted by Gasteiger charge is -2.21. The fourth-order valence-corrected chi connectivity index (χ4v) is 1.97. The Hall–Kier alpha value is -2.37. The second-order valence-corrected chi connectivity index (χ2v) is 5.43. The third kappa shape index (κ3) is 4.58. The Balaban J connectivity index is 2.99. The molecule has 0 saturated heterocycles. The smallest absolute Gasteiger partial charge is 0.337 e. The maximum atomic E-state index is 12.4. The molecule has 0 fully saturated rings. The summed E-state index contributed by atoms with van der Waals surface area (Å²) in [4.78, 5) is 35.1. The molecule has 0 heterocycles. The van der Waals surface area contributed by atoms with Crippen molar-refractivity contribution in [2.75, 3.05) is 12.4 Å². The highest BCUT2D eigenvalue weighted by Gasteiger charge is 2.23. The summed E-state index contributed by atoms with van der Waals surface area (Å²) in [6.07, 6.45) is 0. The second kappa shape index (κ2) is 7.59. The van der Waals surface area contributed by atoms with Gasteiger partial charge in [0.2, 0.25) is 11.8 Å². The number of carbonyl (C=O) groups excluding carboxylic acids is 3. The van der Waals surface area contributed by atoms with Crippen LogP contribution in [0.1, 0.15) is 36.7 Å². The van der Waals surface area contributed by atoms with E-state index in [9.17, 15) is 14.4 Å². The van der Waals surface area contributed by atoms with E-state index in [1.807, 2.05) is 20.8 Å². The van der Waals surface area contributed by atoms with Crippen LogP contribution in [0.15, 0.2) is 18.2 Å². The lowest BCUT2D eigenvalue weighted by Crippen LogP contribution is -2.46. The van der Waals surface area contributed by atoms with Crippen LogP contribution in [0.5, 0.6) is 0 Å². The quantitative estimate of drug-likeness (QED) is 0.814. The van der Waals surface area contributed by atoms with Crippen molar-refractivity contribution >= 4 is 23.5 Å². The minimum absolute atomic E-state index is 0.0620. The molecule has 0 unspecified atom stereocenters. The zero-order valence-electron chi connectivity index (χ0n) is 13.5. The van der Waals surface area contributed by atoms with Gasteiger partial charge in [-0.3, -0.25) is 9.59 Å². The molecule has 120 valence electrons. The van der Waals surface area contributed by atoms with Gasteiger partial charge in [-0.1, -0.05) is 19.9 Å². The van der Waals surface area contributed by atoms with Crippen LogP contribution in [-0.2, 0) is 14.3 Å². The van der Waals surface area contributed by atoms with E-state index in [0.29, 0.717) is 11.3 Å². The van der Waals surface area contributed by atoms with Crippen molar-refractivity contribution in [1.29, 1.82) is 0 Å². The average molecular weight is 306 g/mol. The second-order valence-electron chi connectivity index (χ2n) is 5.43. The zero-order chi connectivity index (χ0) is 16.9. The van der Waals surface area contributed by atoms with Crippen LogP contribution < -0.4 is 10.6 Å². The first-order valence-electron chi connectivity index (χ1n) is 7.03. The molecule has 2 N–H and O–H groups in total. The molecule has 6 nitrogen and oxygen atoms in total. The largest absolute Gasteiger partial charge is 0.465 e. The summed E-state index contributed by atoms with van der Waals surface area (Å²) in [6, 6.07) is 4.28. The highest BCUT2D eigenvalue weighted by Crippen LogP contribution is 2.18. The molecule has 0 saturated carbocycles. The van der Waals surface area contributed by atoms with Gasteiger partial charge in [0.1, 0.15) is 6.04 Å². The van der Waals surface area contributed by atoms with Gasteiger partial charge in [0.05, 0.1) is 12.7 Å². The highest BCUT2D eigenvalue weighted by atomic mass is 16.5. The van der Waals surface area contributed by atoms with Gasteiger partial charge in [-0.05, 0) is 30.5 Å². The standard InChI is InChI=1S/C16H22N2O4/c1-9(2)14(17-11(4)19)15(20)18-13-8-12(16(21)22-5)7-6-10(13)3/h6-9,14H,1-5H3,(H,17,19)(H,18,20)/t14-/m0/s1. The molecule has 2 amide bonds. The molecule has 1 aromatic carbocycles. The Morgan fingerprint density at radius 3 is 2.32 bits per heavy atom. The van der Waals surface area contributed by atoms with Crippen molar-refractivity contribution in [3.8, 4) is 0 Å². The Morgan fingerprint density at radius 1 is 1.18 bits per heavy atom. The normalized spacial score (nSPS) is 11.7. The van der Waals surface area contributed by atoms with Gasteiger partial charge < -0.3 is 15.4 Å². The molecule has 0 aliphatic carbocycles. The molecule has 0 radical (unpaired) electrons. The number of hydrogen-bond donors (Lipinski definition) is 2. The number of amides is 2. The van der Waals surface area contributed by atoms with Gasteiger partial charge in [-0.25, -0.2) is 4.79 Å². The van der Waals surface area contributed by atoms with E-state index < -0.39 is 12.0 Å². The predicted molar refractivity (Wildman–Crippen MR) is 83.6 cm³/mol. The number of nitrogens with one attached hydrogen (secondary N) is 2. The molecule has 0 bridgehead atoms. The summed E-state index contributed by atoms with van der Waals surface area (Å²) in [5.41, 5.74) is 1.68. The molecule has 1 atom stereocenters. The maximum Gasteiger partial charge on any atom is 0.337 e. The SMILES string of the molecule is COC(=O)c1ccc(C)c(NC(=O)[C@@H](NC(C)=O)C(C)C)c1.